The van der Waals surface area contributed by atoms with Gasteiger partial charge in [0.2, 0.25) is 5.75 Å². The summed E-state index contributed by atoms with van der Waals surface area (Å²) in [5.74, 6) is -0.00814. The van der Waals surface area contributed by atoms with E-state index in [0.717, 1.165) is 11.1 Å². The Labute approximate surface area is 220 Å². The van der Waals surface area contributed by atoms with Crippen molar-refractivity contribution in [2.24, 2.45) is 7.05 Å². The van der Waals surface area contributed by atoms with Crippen LogP contribution in [0.2, 0.25) is 0 Å². The highest BCUT2D eigenvalue weighted by molar-refractivity contribution is 7.83. The van der Waals surface area contributed by atoms with Gasteiger partial charge in [-0.3, -0.25) is 18.9 Å². The van der Waals surface area contributed by atoms with Crippen molar-refractivity contribution >= 4 is 33.3 Å². The van der Waals surface area contributed by atoms with E-state index in [1.807, 2.05) is 49.4 Å². The molecule has 2 heterocycles. The number of nitrogen functional groups attached to an aromatic ring is 1. The van der Waals surface area contributed by atoms with Gasteiger partial charge in [-0.1, -0.05) is 48.0 Å². The summed E-state index contributed by atoms with van der Waals surface area (Å²) < 4.78 is 22.3. The number of benzene rings is 3. The number of rotatable bonds is 7. The van der Waals surface area contributed by atoms with E-state index in [4.69, 9.17) is 10.5 Å². The van der Waals surface area contributed by atoms with Crippen molar-refractivity contribution < 1.29 is 13.9 Å². The minimum atomic E-state index is -1.69. The average molecular weight is 529 g/mol. The van der Waals surface area contributed by atoms with Gasteiger partial charge in [-0.15, -0.1) is 0 Å². The van der Waals surface area contributed by atoms with Crippen LogP contribution in [-0.4, -0.2) is 17.7 Å². The number of nitrogens with zero attached hydrogens (tertiary/aromatic N) is 3. The maximum absolute atomic E-state index is 13.5. The zero-order chi connectivity index (χ0) is 27.0. The number of nitro benzene ring substituents is 1. The molecular formula is C28H24N4O5S. The molecule has 10 heteroatoms. The molecule has 192 valence electrons. The van der Waals surface area contributed by atoms with E-state index < -0.39 is 15.9 Å². The summed E-state index contributed by atoms with van der Waals surface area (Å²) in [7, 11) is -0.110. The maximum atomic E-state index is 13.5. The van der Waals surface area contributed by atoms with Gasteiger partial charge >= 0.3 is 5.69 Å². The molecular weight excluding hydrogens is 504 g/mol. The van der Waals surface area contributed by atoms with E-state index >= 15 is 0 Å². The van der Waals surface area contributed by atoms with Crippen LogP contribution in [-0.2, 0) is 24.6 Å². The summed E-state index contributed by atoms with van der Waals surface area (Å²) in [5, 5.41) is 12.5. The van der Waals surface area contributed by atoms with Crippen LogP contribution in [0, 0.1) is 17.0 Å². The van der Waals surface area contributed by atoms with Crippen molar-refractivity contribution in [1.29, 1.82) is 0 Å². The number of fused-ring (bicyclic) bond motifs is 1. The lowest BCUT2D eigenvalue weighted by Gasteiger charge is -2.15. The van der Waals surface area contributed by atoms with Gasteiger partial charge in [-0.05, 0) is 42.8 Å². The molecule has 0 fully saturated rings. The van der Waals surface area contributed by atoms with Gasteiger partial charge in [-0.25, -0.2) is 4.21 Å². The van der Waals surface area contributed by atoms with Crippen molar-refractivity contribution in [3.63, 3.8) is 0 Å². The van der Waals surface area contributed by atoms with E-state index in [1.54, 1.807) is 43.7 Å². The Kier molecular flexibility index (Phi) is 6.56. The number of nitrogens with two attached hydrogens (primary N) is 1. The van der Waals surface area contributed by atoms with Crippen LogP contribution in [0.1, 0.15) is 11.1 Å². The van der Waals surface area contributed by atoms with Gasteiger partial charge in [0.15, 0.2) is 11.0 Å². The molecule has 0 saturated heterocycles. The highest BCUT2D eigenvalue weighted by atomic mass is 32.2. The summed E-state index contributed by atoms with van der Waals surface area (Å²) >= 11 is 0. The fourth-order valence-electron chi connectivity index (χ4n) is 4.31. The second-order valence-electron chi connectivity index (χ2n) is 8.84. The first-order chi connectivity index (χ1) is 18.3. The second-order valence-corrected chi connectivity index (χ2v) is 10.2. The summed E-state index contributed by atoms with van der Waals surface area (Å²) in [6, 6.07) is 21.2. The molecule has 1 atom stereocenters. The highest BCUT2D eigenvalue weighted by Gasteiger charge is 2.27. The monoisotopic (exact) mass is 528 g/mol. The third-order valence-corrected chi connectivity index (χ3v) is 7.59. The molecule has 9 nitrogen and oxygen atoms in total. The van der Waals surface area contributed by atoms with Gasteiger partial charge in [0.05, 0.1) is 9.82 Å². The number of ether oxygens (including phenoxy) is 1. The van der Waals surface area contributed by atoms with Crippen LogP contribution < -0.4 is 16.0 Å². The second kappa shape index (κ2) is 9.98. The van der Waals surface area contributed by atoms with Crippen LogP contribution in [0.15, 0.2) is 94.9 Å². The fraction of sp³-hybridized carbons (Fsp3) is 0.107. The minimum absolute atomic E-state index is 0.00814. The lowest BCUT2D eigenvalue weighted by atomic mass is 10.0. The Bertz CT molecular complexity index is 1760. The standard InChI is InChI=1S/C28H24N4O5S/c1-18-8-10-20(11-9-18)38(36)31-15-14-21-23(16-30(2)28(33)25(21)31)22-12-13-24(29)26(32(34)35)27(22)37-17-19-6-4-3-5-7-19/h3-16H,17,29H2,1-2H3. The zero-order valence-corrected chi connectivity index (χ0v) is 21.5. The molecule has 2 aromatic heterocycles. The van der Waals surface area contributed by atoms with Crippen molar-refractivity contribution in [1.82, 2.24) is 8.54 Å². The van der Waals surface area contributed by atoms with Crippen molar-refractivity contribution in [2.75, 3.05) is 5.73 Å². The maximum Gasteiger partial charge on any atom is 0.334 e. The van der Waals surface area contributed by atoms with Gasteiger partial charge in [0.25, 0.3) is 5.56 Å². The topological polar surface area (TPSA) is 122 Å². The number of aryl methyl sites for hydroxylation is 2. The lowest BCUT2D eigenvalue weighted by Crippen LogP contribution is -2.20. The zero-order valence-electron chi connectivity index (χ0n) is 20.7. The minimum Gasteiger partial charge on any atom is -0.481 e. The van der Waals surface area contributed by atoms with Crippen molar-refractivity contribution in [3.05, 3.63) is 117 Å². The summed E-state index contributed by atoms with van der Waals surface area (Å²) in [4.78, 5) is 25.3. The first kappa shape index (κ1) is 25.0. The van der Waals surface area contributed by atoms with Gasteiger partial charge in [0.1, 0.15) is 17.8 Å². The van der Waals surface area contributed by atoms with Crippen molar-refractivity contribution in [2.45, 2.75) is 18.4 Å². The molecule has 1 unspecified atom stereocenters. The number of pyridine rings is 1. The normalized spacial score (nSPS) is 11.9. The van der Waals surface area contributed by atoms with Crippen LogP contribution in [0.4, 0.5) is 11.4 Å². The molecule has 0 radical (unpaired) electrons. The molecule has 3 aromatic carbocycles. The molecule has 5 rings (SSSR count). The molecule has 0 amide bonds. The quantitative estimate of drug-likeness (QED) is 0.181. The molecule has 5 aromatic rings. The largest absolute Gasteiger partial charge is 0.481 e. The Morgan fingerprint density at radius 2 is 1.71 bits per heavy atom. The number of aromatic nitrogens is 2. The summed E-state index contributed by atoms with van der Waals surface area (Å²) in [6.45, 7) is 2.01. The lowest BCUT2D eigenvalue weighted by molar-refractivity contribution is -0.384. The van der Waals surface area contributed by atoms with Gasteiger partial charge in [0, 0.05) is 36.0 Å². The Morgan fingerprint density at radius 1 is 1.00 bits per heavy atom. The van der Waals surface area contributed by atoms with E-state index in [9.17, 15) is 19.1 Å². The highest BCUT2D eigenvalue weighted by Crippen LogP contribution is 2.44. The summed E-state index contributed by atoms with van der Waals surface area (Å²) in [5.41, 5.74) is 8.19. The molecule has 38 heavy (non-hydrogen) atoms. The number of anilines is 1. The third-order valence-electron chi connectivity index (χ3n) is 6.25. The van der Waals surface area contributed by atoms with E-state index in [1.165, 1.54) is 14.6 Å². The number of hydrogen-bond acceptors (Lipinski definition) is 6. The molecule has 2 N–H and O–H groups in total. The predicted molar refractivity (Wildman–Crippen MR) is 147 cm³/mol. The summed E-state index contributed by atoms with van der Waals surface area (Å²) in [6.07, 6.45) is 3.18. The molecule has 0 aliphatic heterocycles. The number of nitro groups is 1. The fourth-order valence-corrected chi connectivity index (χ4v) is 5.42. The van der Waals surface area contributed by atoms with Gasteiger partial charge < -0.3 is 15.0 Å². The molecule has 0 spiro atoms. The Morgan fingerprint density at radius 3 is 2.39 bits per heavy atom. The average Bonchev–Trinajstić information content (AvgIpc) is 3.35. The Hall–Kier alpha value is -4.70. The van der Waals surface area contributed by atoms with E-state index in [2.05, 4.69) is 0 Å². The number of hydrogen-bond donors (Lipinski definition) is 1. The van der Waals surface area contributed by atoms with Crippen LogP contribution in [0.5, 0.6) is 5.75 Å². The van der Waals surface area contributed by atoms with Crippen molar-refractivity contribution in [3.8, 4) is 16.9 Å². The van der Waals surface area contributed by atoms with Crippen LogP contribution in [0.3, 0.4) is 0 Å². The Balaban J connectivity index is 1.71. The molecule has 0 aliphatic rings. The van der Waals surface area contributed by atoms with Crippen LogP contribution >= 0.6 is 0 Å². The van der Waals surface area contributed by atoms with Gasteiger partial charge in [-0.2, -0.15) is 0 Å². The molecule has 0 aliphatic carbocycles. The molecule has 0 saturated carbocycles. The van der Waals surface area contributed by atoms with E-state index in [-0.39, 0.29) is 34.8 Å². The first-order valence-electron chi connectivity index (χ1n) is 11.7. The predicted octanol–water partition coefficient (Wildman–Crippen LogP) is 4.96. The molecule has 0 bridgehead atoms. The van der Waals surface area contributed by atoms with Crippen LogP contribution in [0.25, 0.3) is 22.0 Å². The third kappa shape index (κ3) is 4.46. The first-order valence-corrected chi connectivity index (χ1v) is 12.8. The SMILES string of the molecule is Cc1ccc(S(=O)n2ccc3c(-c4ccc(N)c([N+](=O)[O-])c4OCc4ccccc4)cn(C)c(=O)c32)cc1. The van der Waals surface area contributed by atoms with E-state index in [0.29, 0.717) is 21.4 Å². The smallest absolute Gasteiger partial charge is 0.334 e.